The van der Waals surface area contributed by atoms with E-state index in [1.807, 2.05) is 11.3 Å². The lowest BCUT2D eigenvalue weighted by Gasteiger charge is -2.13. The minimum atomic E-state index is 0.416. The second-order valence-corrected chi connectivity index (χ2v) is 7.22. The summed E-state index contributed by atoms with van der Waals surface area (Å²) in [5, 5.41) is 0. The Hall–Kier alpha value is 0.620. The summed E-state index contributed by atoms with van der Waals surface area (Å²) in [5.74, 6) is 0.616. The van der Waals surface area contributed by atoms with Crippen LogP contribution in [-0.4, -0.2) is 12.7 Å². The lowest BCUT2D eigenvalue weighted by atomic mass is 10.0. The number of hydrogen-bond donors (Lipinski definition) is 0. The van der Waals surface area contributed by atoms with Gasteiger partial charge in [-0.1, -0.05) is 15.9 Å². The van der Waals surface area contributed by atoms with Crippen LogP contribution in [0.3, 0.4) is 0 Å². The highest BCUT2D eigenvalue weighted by atomic mass is 79.9. The van der Waals surface area contributed by atoms with Crippen molar-refractivity contribution in [3.05, 3.63) is 20.3 Å². The fourth-order valence-corrected chi connectivity index (χ4v) is 4.32. The third-order valence-electron chi connectivity index (χ3n) is 2.79. The zero-order valence-corrected chi connectivity index (χ0v) is 12.8. The van der Waals surface area contributed by atoms with E-state index in [0.29, 0.717) is 16.8 Å². The van der Waals surface area contributed by atoms with E-state index < -0.39 is 0 Å². The molecule has 0 bridgehead atoms. The maximum atomic E-state index is 5.61. The zero-order chi connectivity index (χ0) is 11.0. The Balaban J connectivity index is 2.10. The molecule has 0 spiro atoms. The minimum Gasteiger partial charge on any atom is -0.378 e. The van der Waals surface area contributed by atoms with E-state index in [2.05, 4.69) is 51.8 Å². The van der Waals surface area contributed by atoms with Crippen molar-refractivity contribution in [2.24, 2.45) is 5.92 Å². The van der Waals surface area contributed by atoms with Crippen molar-refractivity contribution in [1.82, 2.24) is 0 Å². The normalized spacial score (nSPS) is 28.3. The van der Waals surface area contributed by atoms with Crippen LogP contribution in [0.4, 0.5) is 0 Å². The molecule has 2 rings (SSSR count). The van der Waals surface area contributed by atoms with Gasteiger partial charge in [0.1, 0.15) is 0 Å². The van der Waals surface area contributed by atoms with Crippen molar-refractivity contribution in [2.75, 3.05) is 6.61 Å². The van der Waals surface area contributed by atoms with Gasteiger partial charge in [-0.2, -0.15) is 0 Å². The van der Waals surface area contributed by atoms with Gasteiger partial charge in [0.15, 0.2) is 0 Å². The molecule has 3 atom stereocenters. The second-order valence-electron chi connectivity index (χ2n) is 4.09. The summed E-state index contributed by atoms with van der Waals surface area (Å²) in [7, 11) is 0. The van der Waals surface area contributed by atoms with Gasteiger partial charge < -0.3 is 4.74 Å². The largest absolute Gasteiger partial charge is 0.378 e. The molecule has 1 aromatic rings. The van der Waals surface area contributed by atoms with Crippen molar-refractivity contribution in [3.8, 4) is 0 Å². The van der Waals surface area contributed by atoms with Gasteiger partial charge in [0.05, 0.1) is 17.5 Å². The lowest BCUT2D eigenvalue weighted by molar-refractivity contribution is 0.120. The van der Waals surface area contributed by atoms with Gasteiger partial charge in [0.25, 0.3) is 0 Å². The maximum absolute atomic E-state index is 5.61. The Morgan fingerprint density at radius 2 is 2.33 bits per heavy atom. The monoisotopic (exact) mass is 352 g/mol. The molecule has 1 aliphatic heterocycles. The molecule has 0 amide bonds. The second kappa shape index (κ2) is 4.86. The number of ether oxygens (including phenoxy) is 1. The van der Waals surface area contributed by atoms with Crippen LogP contribution in [0.25, 0.3) is 0 Å². The number of alkyl halides is 1. The van der Waals surface area contributed by atoms with Crippen LogP contribution in [0.1, 0.15) is 27.9 Å². The first-order chi connectivity index (χ1) is 7.08. The first-order valence-electron chi connectivity index (χ1n) is 5.09. The summed E-state index contributed by atoms with van der Waals surface area (Å²) in [6.07, 6.45) is 1.57. The summed E-state index contributed by atoms with van der Waals surface area (Å²) in [5.41, 5.74) is 0. The number of rotatable bonds is 2. The van der Waals surface area contributed by atoms with E-state index >= 15 is 0 Å². The number of aryl methyl sites for hydroxylation is 1. The smallest absolute Gasteiger partial charge is 0.0551 e. The Morgan fingerprint density at radius 1 is 1.60 bits per heavy atom. The van der Waals surface area contributed by atoms with Gasteiger partial charge in [-0.15, -0.1) is 11.3 Å². The Labute approximate surface area is 111 Å². The van der Waals surface area contributed by atoms with Crippen LogP contribution < -0.4 is 0 Å². The summed E-state index contributed by atoms with van der Waals surface area (Å²) >= 11 is 9.22. The number of hydrogen-bond acceptors (Lipinski definition) is 2. The highest BCUT2D eigenvalue weighted by Gasteiger charge is 2.30. The number of halogens is 2. The van der Waals surface area contributed by atoms with Crippen molar-refractivity contribution in [2.45, 2.75) is 31.2 Å². The molecule has 3 unspecified atom stereocenters. The van der Waals surface area contributed by atoms with E-state index in [0.717, 1.165) is 13.0 Å². The molecule has 0 saturated carbocycles. The maximum Gasteiger partial charge on any atom is 0.0551 e. The van der Waals surface area contributed by atoms with Crippen LogP contribution >= 0.6 is 43.2 Å². The molecule has 1 nitrogen and oxygen atoms in total. The fourth-order valence-electron chi connectivity index (χ4n) is 1.90. The molecule has 4 heteroatoms. The predicted molar refractivity (Wildman–Crippen MR) is 71.9 cm³/mol. The standard InChI is InChI=1S/C11H14Br2OS/c1-6-3-8(5-14-6)11(13)10-4-9(12)7(2)15-10/h4,6,8,11H,3,5H2,1-2H3. The SMILES string of the molecule is Cc1sc(C(Br)C2COC(C)C2)cc1Br. The first kappa shape index (κ1) is 12.1. The topological polar surface area (TPSA) is 9.23 Å². The van der Waals surface area contributed by atoms with Gasteiger partial charge in [-0.05, 0) is 42.3 Å². The number of thiophene rings is 1. The average Bonchev–Trinajstić information content (AvgIpc) is 2.74. The molecule has 84 valence electrons. The van der Waals surface area contributed by atoms with Gasteiger partial charge in [0.2, 0.25) is 0 Å². The molecule has 0 aromatic carbocycles. The van der Waals surface area contributed by atoms with Crippen molar-refractivity contribution in [3.63, 3.8) is 0 Å². The van der Waals surface area contributed by atoms with Crippen LogP contribution in [0.15, 0.2) is 10.5 Å². The molecular weight excluding hydrogens is 340 g/mol. The quantitative estimate of drug-likeness (QED) is 0.701. The molecule has 0 aliphatic carbocycles. The molecule has 1 aliphatic rings. The van der Waals surface area contributed by atoms with Crippen molar-refractivity contribution < 1.29 is 4.74 Å². The average molecular weight is 354 g/mol. The van der Waals surface area contributed by atoms with E-state index in [-0.39, 0.29) is 0 Å². The van der Waals surface area contributed by atoms with Crippen LogP contribution in [0, 0.1) is 12.8 Å². The van der Waals surface area contributed by atoms with Gasteiger partial charge in [-0.25, -0.2) is 0 Å². The molecule has 0 N–H and O–H groups in total. The van der Waals surface area contributed by atoms with E-state index in [1.54, 1.807) is 0 Å². The highest BCUT2D eigenvalue weighted by molar-refractivity contribution is 9.10. The molecule has 1 saturated heterocycles. The highest BCUT2D eigenvalue weighted by Crippen LogP contribution is 2.42. The van der Waals surface area contributed by atoms with E-state index in [9.17, 15) is 0 Å². The molecular formula is C11H14Br2OS. The third kappa shape index (κ3) is 2.65. The van der Waals surface area contributed by atoms with Crippen molar-refractivity contribution >= 4 is 43.2 Å². The van der Waals surface area contributed by atoms with Gasteiger partial charge >= 0.3 is 0 Å². The van der Waals surface area contributed by atoms with Gasteiger partial charge in [0, 0.05) is 20.1 Å². The molecule has 1 aromatic heterocycles. The molecule has 1 fully saturated rings. The Kier molecular flexibility index (Phi) is 3.92. The van der Waals surface area contributed by atoms with Crippen LogP contribution in [0.2, 0.25) is 0 Å². The summed E-state index contributed by atoms with van der Waals surface area (Å²) in [4.78, 5) is 3.20. The fraction of sp³-hybridized carbons (Fsp3) is 0.636. The Morgan fingerprint density at radius 3 is 2.80 bits per heavy atom. The van der Waals surface area contributed by atoms with Crippen molar-refractivity contribution in [1.29, 1.82) is 0 Å². The minimum absolute atomic E-state index is 0.416. The summed E-state index contributed by atoms with van der Waals surface area (Å²) in [6.45, 7) is 5.17. The predicted octanol–water partition coefficient (Wildman–Crippen LogP) is 4.68. The third-order valence-corrected chi connectivity index (χ3v) is 6.56. The molecule has 2 heterocycles. The summed E-state index contributed by atoms with van der Waals surface area (Å²) < 4.78 is 6.83. The zero-order valence-electron chi connectivity index (χ0n) is 8.80. The lowest BCUT2D eigenvalue weighted by Crippen LogP contribution is -2.06. The Bertz CT molecular complexity index is 331. The van der Waals surface area contributed by atoms with E-state index in [4.69, 9.17) is 4.74 Å². The first-order valence-corrected chi connectivity index (χ1v) is 7.62. The van der Waals surface area contributed by atoms with Crippen LogP contribution in [0.5, 0.6) is 0 Å². The molecule has 15 heavy (non-hydrogen) atoms. The molecule has 0 radical (unpaired) electrons. The van der Waals surface area contributed by atoms with Gasteiger partial charge in [-0.3, -0.25) is 0 Å². The van der Waals surface area contributed by atoms with E-state index in [1.165, 1.54) is 14.2 Å². The summed E-state index contributed by atoms with van der Waals surface area (Å²) in [6, 6.07) is 2.22. The van der Waals surface area contributed by atoms with Crippen LogP contribution in [-0.2, 0) is 4.74 Å².